The Bertz CT molecular complexity index is 738. The molecule has 0 atom stereocenters. The number of nitrogens with zero attached hydrogens (tertiary/aromatic N) is 1. The van der Waals surface area contributed by atoms with Crippen LogP contribution in [0.3, 0.4) is 0 Å². The van der Waals surface area contributed by atoms with Gasteiger partial charge in [-0.2, -0.15) is 0 Å². The van der Waals surface area contributed by atoms with Gasteiger partial charge in [-0.05, 0) is 42.8 Å². The van der Waals surface area contributed by atoms with E-state index in [-0.39, 0.29) is 11.1 Å². The Kier molecular flexibility index (Phi) is 4.50. The molecule has 0 saturated heterocycles. The van der Waals surface area contributed by atoms with Gasteiger partial charge in [0.2, 0.25) is 0 Å². The summed E-state index contributed by atoms with van der Waals surface area (Å²) in [5.74, 6) is -1.87. The molecule has 106 valence electrons. The van der Waals surface area contributed by atoms with Gasteiger partial charge < -0.3 is 5.11 Å². The summed E-state index contributed by atoms with van der Waals surface area (Å²) < 4.78 is 0. The van der Waals surface area contributed by atoms with Crippen LogP contribution < -0.4 is 0 Å². The lowest BCUT2D eigenvalue weighted by molar-refractivity contribution is -0.132. The first-order chi connectivity index (χ1) is 9.97. The highest BCUT2D eigenvalue weighted by molar-refractivity contribution is 6.32. The molecule has 0 saturated carbocycles. The smallest absolute Gasteiger partial charge is 0.339 e. The minimum absolute atomic E-state index is 0.238. The Balaban J connectivity index is 2.44. The minimum Gasteiger partial charge on any atom is -0.478 e. The van der Waals surface area contributed by atoms with Crippen LogP contribution in [0.4, 0.5) is 0 Å². The van der Waals surface area contributed by atoms with Crippen molar-refractivity contribution < 1.29 is 14.7 Å². The van der Waals surface area contributed by atoms with Crippen molar-refractivity contribution in [2.24, 2.45) is 0 Å². The number of carboxylic acids is 1. The number of ketones is 1. The number of carbonyl (C=O) groups excluding carboxylic acids is 1. The molecular formula is C16H12ClNO3. The van der Waals surface area contributed by atoms with Gasteiger partial charge in [0.05, 0.1) is 0 Å². The Morgan fingerprint density at radius 1 is 1.24 bits per heavy atom. The molecule has 0 aliphatic carbocycles. The second-order valence-electron chi connectivity index (χ2n) is 4.43. The molecule has 1 aromatic heterocycles. The Morgan fingerprint density at radius 2 is 2.00 bits per heavy atom. The van der Waals surface area contributed by atoms with Gasteiger partial charge in [-0.1, -0.05) is 23.7 Å². The average Bonchev–Trinajstić information content (AvgIpc) is 2.44. The van der Waals surface area contributed by atoms with Crippen LogP contribution in [0, 0.1) is 6.92 Å². The third-order valence-corrected chi connectivity index (χ3v) is 3.03. The monoisotopic (exact) mass is 301 g/mol. The molecule has 0 aliphatic heterocycles. The summed E-state index contributed by atoms with van der Waals surface area (Å²) in [6, 6.07) is 9.54. The minimum atomic E-state index is -1.28. The van der Waals surface area contributed by atoms with Gasteiger partial charge in [0.15, 0.2) is 5.78 Å². The van der Waals surface area contributed by atoms with Crippen molar-refractivity contribution in [2.75, 3.05) is 0 Å². The number of aliphatic carboxylic acids is 1. The molecule has 1 N–H and O–H groups in total. The number of pyridine rings is 1. The van der Waals surface area contributed by atoms with E-state index in [1.807, 2.05) is 0 Å². The molecule has 0 amide bonds. The molecule has 0 bridgehead atoms. The van der Waals surface area contributed by atoms with Gasteiger partial charge in [0, 0.05) is 22.5 Å². The van der Waals surface area contributed by atoms with Crippen molar-refractivity contribution in [3.8, 4) is 0 Å². The van der Waals surface area contributed by atoms with E-state index in [2.05, 4.69) is 4.98 Å². The number of halogens is 1. The van der Waals surface area contributed by atoms with Crippen molar-refractivity contribution >= 4 is 29.4 Å². The fourth-order valence-electron chi connectivity index (χ4n) is 1.83. The lowest BCUT2D eigenvalue weighted by Crippen LogP contribution is -2.12. The number of rotatable bonds is 4. The molecular weight excluding hydrogens is 290 g/mol. The van der Waals surface area contributed by atoms with Crippen LogP contribution in [0.2, 0.25) is 5.02 Å². The van der Waals surface area contributed by atoms with E-state index in [0.717, 1.165) is 5.69 Å². The lowest BCUT2D eigenvalue weighted by Gasteiger charge is -2.03. The van der Waals surface area contributed by atoms with Crippen LogP contribution in [-0.4, -0.2) is 21.8 Å². The van der Waals surface area contributed by atoms with Gasteiger partial charge in [0.25, 0.3) is 0 Å². The summed E-state index contributed by atoms with van der Waals surface area (Å²) in [6.45, 7) is 1.79. The van der Waals surface area contributed by atoms with E-state index in [0.29, 0.717) is 10.6 Å². The molecule has 0 radical (unpaired) electrons. The molecule has 0 fully saturated rings. The summed E-state index contributed by atoms with van der Waals surface area (Å²) >= 11 is 5.83. The number of hydrogen-bond acceptors (Lipinski definition) is 3. The van der Waals surface area contributed by atoms with Crippen molar-refractivity contribution in [3.05, 3.63) is 70.0 Å². The van der Waals surface area contributed by atoms with Crippen LogP contribution in [-0.2, 0) is 4.79 Å². The number of hydrogen-bond donors (Lipinski definition) is 1. The number of Topliss-reactive ketones (excluding diaryl/α,β-unsaturated/α-hetero) is 1. The number of aryl methyl sites for hydroxylation is 1. The standard InChI is InChI=1S/C16H12ClNO3/c1-10-7-11(5-6-18-10)8-14(16(20)21)15(19)12-3-2-4-13(17)9-12/h2-9H,1H3,(H,20,21)/b14-8+. The Morgan fingerprint density at radius 3 is 2.62 bits per heavy atom. The predicted octanol–water partition coefficient (Wildman–Crippen LogP) is 3.39. The maximum absolute atomic E-state index is 12.3. The SMILES string of the molecule is Cc1cc(/C=C(/C(=O)O)C(=O)c2cccc(Cl)c2)ccn1. The summed E-state index contributed by atoms with van der Waals surface area (Å²) in [6.07, 6.45) is 2.89. The maximum Gasteiger partial charge on any atom is 0.339 e. The first-order valence-electron chi connectivity index (χ1n) is 6.15. The maximum atomic E-state index is 12.3. The normalized spacial score (nSPS) is 11.2. The Hall–Kier alpha value is -2.46. The van der Waals surface area contributed by atoms with Gasteiger partial charge in [-0.15, -0.1) is 0 Å². The van der Waals surface area contributed by atoms with E-state index in [1.54, 1.807) is 37.4 Å². The molecule has 1 heterocycles. The first kappa shape index (κ1) is 14.9. The number of carbonyl (C=O) groups is 2. The third-order valence-electron chi connectivity index (χ3n) is 2.79. The number of benzene rings is 1. The van der Waals surface area contributed by atoms with E-state index >= 15 is 0 Å². The molecule has 1 aromatic carbocycles. The molecule has 4 nitrogen and oxygen atoms in total. The zero-order chi connectivity index (χ0) is 15.4. The zero-order valence-electron chi connectivity index (χ0n) is 11.2. The highest BCUT2D eigenvalue weighted by Crippen LogP contribution is 2.17. The van der Waals surface area contributed by atoms with Gasteiger partial charge in [-0.3, -0.25) is 9.78 Å². The van der Waals surface area contributed by atoms with Crippen molar-refractivity contribution in [3.63, 3.8) is 0 Å². The molecule has 21 heavy (non-hydrogen) atoms. The summed E-state index contributed by atoms with van der Waals surface area (Å²) in [4.78, 5) is 27.7. The number of aromatic nitrogens is 1. The second kappa shape index (κ2) is 6.33. The third kappa shape index (κ3) is 3.77. The van der Waals surface area contributed by atoms with Crippen molar-refractivity contribution in [1.29, 1.82) is 0 Å². The zero-order valence-corrected chi connectivity index (χ0v) is 12.0. The van der Waals surface area contributed by atoms with Gasteiger partial charge >= 0.3 is 5.97 Å². The Labute approximate surface area is 126 Å². The molecule has 0 spiro atoms. The quantitative estimate of drug-likeness (QED) is 0.407. The number of carboxylic acid groups (broad SMARTS) is 1. The fraction of sp³-hybridized carbons (Fsp3) is 0.0625. The molecule has 0 aliphatic rings. The van der Waals surface area contributed by atoms with E-state index in [1.165, 1.54) is 18.2 Å². The summed E-state index contributed by atoms with van der Waals surface area (Å²) in [5.41, 5.74) is 1.27. The lowest BCUT2D eigenvalue weighted by atomic mass is 10.0. The van der Waals surface area contributed by atoms with Crippen LogP contribution in [0.15, 0.2) is 48.2 Å². The summed E-state index contributed by atoms with van der Waals surface area (Å²) in [7, 11) is 0. The largest absolute Gasteiger partial charge is 0.478 e. The predicted molar refractivity (Wildman–Crippen MR) is 80.4 cm³/mol. The average molecular weight is 302 g/mol. The van der Waals surface area contributed by atoms with Crippen molar-refractivity contribution in [1.82, 2.24) is 4.98 Å². The van der Waals surface area contributed by atoms with E-state index < -0.39 is 11.8 Å². The van der Waals surface area contributed by atoms with Crippen LogP contribution in [0.25, 0.3) is 6.08 Å². The molecule has 2 aromatic rings. The van der Waals surface area contributed by atoms with Gasteiger partial charge in [-0.25, -0.2) is 4.79 Å². The van der Waals surface area contributed by atoms with E-state index in [9.17, 15) is 14.7 Å². The molecule has 0 unspecified atom stereocenters. The van der Waals surface area contributed by atoms with Crippen LogP contribution in [0.5, 0.6) is 0 Å². The van der Waals surface area contributed by atoms with Gasteiger partial charge in [0.1, 0.15) is 5.57 Å². The topological polar surface area (TPSA) is 67.3 Å². The highest BCUT2D eigenvalue weighted by Gasteiger charge is 2.19. The second-order valence-corrected chi connectivity index (χ2v) is 4.87. The van der Waals surface area contributed by atoms with E-state index in [4.69, 9.17) is 11.6 Å². The summed E-state index contributed by atoms with van der Waals surface area (Å²) in [5, 5.41) is 9.65. The van der Waals surface area contributed by atoms with Crippen LogP contribution >= 0.6 is 11.6 Å². The molecule has 5 heteroatoms. The van der Waals surface area contributed by atoms with Crippen LogP contribution in [0.1, 0.15) is 21.6 Å². The van der Waals surface area contributed by atoms with Crippen molar-refractivity contribution in [2.45, 2.75) is 6.92 Å². The molecule has 2 rings (SSSR count). The first-order valence-corrected chi connectivity index (χ1v) is 6.53. The fourth-order valence-corrected chi connectivity index (χ4v) is 2.02. The highest BCUT2D eigenvalue weighted by atomic mass is 35.5.